The van der Waals surface area contributed by atoms with Crippen LogP contribution in [0.1, 0.15) is 22.0 Å². The van der Waals surface area contributed by atoms with Gasteiger partial charge in [-0.2, -0.15) is 0 Å². The highest BCUT2D eigenvalue weighted by Crippen LogP contribution is 2.38. The van der Waals surface area contributed by atoms with Gasteiger partial charge in [-0.3, -0.25) is 14.9 Å². The number of carbonyl (C=O) groups is 1. The summed E-state index contributed by atoms with van der Waals surface area (Å²) in [6, 6.07) is 18.5. The van der Waals surface area contributed by atoms with E-state index in [-0.39, 0.29) is 17.6 Å². The molecular weight excluding hydrogens is 392 g/mol. The van der Waals surface area contributed by atoms with Crippen LogP contribution in [-0.2, 0) is 11.2 Å². The van der Waals surface area contributed by atoms with Gasteiger partial charge in [-0.1, -0.05) is 30.3 Å². The second-order valence-corrected chi connectivity index (χ2v) is 8.54. The minimum atomic E-state index is -0.420. The monoisotopic (exact) mass is 410 g/mol. The number of fused-ring (bicyclic) bond motifs is 1. The lowest BCUT2D eigenvalue weighted by Crippen LogP contribution is -2.41. The Kier molecular flexibility index (Phi) is 5.45. The van der Waals surface area contributed by atoms with Crippen LogP contribution in [0.4, 0.5) is 5.69 Å². The maximum absolute atomic E-state index is 13.1. The highest BCUT2D eigenvalue weighted by atomic mass is 32.2. The fourth-order valence-electron chi connectivity index (χ4n) is 3.47. The minimum absolute atomic E-state index is 0.0545. The summed E-state index contributed by atoms with van der Waals surface area (Å²) in [6.07, 6.45) is 0.879. The van der Waals surface area contributed by atoms with Crippen molar-refractivity contribution in [3.05, 3.63) is 92.2 Å². The molecule has 0 radical (unpaired) electrons. The molecule has 1 amide bonds. The second kappa shape index (κ2) is 8.16. The molecule has 0 aliphatic carbocycles. The minimum Gasteiger partial charge on any atom is -0.330 e. The number of nitrogens with zero attached hydrogens (tertiary/aromatic N) is 2. The van der Waals surface area contributed by atoms with Gasteiger partial charge in [0.05, 0.1) is 16.7 Å². The van der Waals surface area contributed by atoms with Crippen molar-refractivity contribution < 1.29 is 9.72 Å². The highest BCUT2D eigenvalue weighted by molar-refractivity contribution is 8.00. The molecule has 1 atom stereocenters. The number of non-ortho nitro benzene ring substituents is 1. The summed E-state index contributed by atoms with van der Waals surface area (Å²) < 4.78 is 0. The van der Waals surface area contributed by atoms with E-state index in [1.165, 1.54) is 34.3 Å². The highest BCUT2D eigenvalue weighted by Gasteiger charge is 2.32. The molecule has 2 aromatic carbocycles. The third kappa shape index (κ3) is 3.81. The number of amides is 1. The molecule has 0 N–H and O–H groups in total. The van der Waals surface area contributed by atoms with Crippen molar-refractivity contribution in [3.8, 4) is 0 Å². The van der Waals surface area contributed by atoms with Crippen molar-refractivity contribution >= 4 is 34.7 Å². The number of thioether (sulfide) groups is 1. The summed E-state index contributed by atoms with van der Waals surface area (Å²) in [7, 11) is 0. The Morgan fingerprint density at radius 1 is 1.14 bits per heavy atom. The molecule has 0 fully saturated rings. The van der Waals surface area contributed by atoms with Crippen molar-refractivity contribution in [3.63, 3.8) is 0 Å². The lowest BCUT2D eigenvalue weighted by molar-refractivity contribution is -0.384. The van der Waals surface area contributed by atoms with Gasteiger partial charge in [0.25, 0.3) is 5.69 Å². The predicted molar refractivity (Wildman–Crippen MR) is 112 cm³/mol. The maximum Gasteiger partial charge on any atom is 0.269 e. The fraction of sp³-hybridized carbons (Fsp3) is 0.190. The van der Waals surface area contributed by atoms with Gasteiger partial charge in [-0.15, -0.1) is 23.1 Å². The number of hydrogen-bond acceptors (Lipinski definition) is 5. The predicted octanol–water partition coefficient (Wildman–Crippen LogP) is 4.92. The SMILES string of the molecule is O=C(CSc1ccc([N+](=O)[O-])cc1)N1CCc2sccc2C1c1ccccc1. The van der Waals surface area contributed by atoms with Crippen molar-refractivity contribution in [2.75, 3.05) is 12.3 Å². The van der Waals surface area contributed by atoms with Crippen LogP contribution in [-0.4, -0.2) is 28.0 Å². The largest absolute Gasteiger partial charge is 0.330 e. The quantitative estimate of drug-likeness (QED) is 0.340. The van der Waals surface area contributed by atoms with Gasteiger partial charge >= 0.3 is 0 Å². The molecule has 0 saturated carbocycles. The average Bonchev–Trinajstić information content (AvgIpc) is 3.21. The third-order valence-electron chi connectivity index (χ3n) is 4.81. The first kappa shape index (κ1) is 18.7. The van der Waals surface area contributed by atoms with Crippen LogP contribution in [0.15, 0.2) is 70.9 Å². The van der Waals surface area contributed by atoms with E-state index < -0.39 is 4.92 Å². The van der Waals surface area contributed by atoms with Crippen LogP contribution in [0.3, 0.4) is 0 Å². The zero-order chi connectivity index (χ0) is 19.5. The number of thiophene rings is 1. The van der Waals surface area contributed by atoms with Gasteiger partial charge in [0.1, 0.15) is 0 Å². The van der Waals surface area contributed by atoms with E-state index in [9.17, 15) is 14.9 Å². The van der Waals surface area contributed by atoms with Gasteiger partial charge < -0.3 is 4.90 Å². The van der Waals surface area contributed by atoms with E-state index in [0.717, 1.165) is 16.9 Å². The molecule has 0 bridgehead atoms. The third-order valence-corrected chi connectivity index (χ3v) is 6.80. The van der Waals surface area contributed by atoms with Gasteiger partial charge in [-0.05, 0) is 41.1 Å². The molecule has 5 nitrogen and oxygen atoms in total. The molecule has 1 unspecified atom stereocenters. The molecule has 28 heavy (non-hydrogen) atoms. The molecule has 4 rings (SSSR count). The summed E-state index contributed by atoms with van der Waals surface area (Å²) in [4.78, 5) is 27.6. The summed E-state index contributed by atoms with van der Waals surface area (Å²) >= 11 is 3.17. The fourth-order valence-corrected chi connectivity index (χ4v) is 5.16. The van der Waals surface area contributed by atoms with Crippen molar-refractivity contribution in [1.29, 1.82) is 0 Å². The Hall–Kier alpha value is -2.64. The smallest absolute Gasteiger partial charge is 0.269 e. The molecule has 1 aromatic heterocycles. The Morgan fingerprint density at radius 2 is 1.89 bits per heavy atom. The van der Waals surface area contributed by atoms with Crippen LogP contribution in [0, 0.1) is 10.1 Å². The lowest BCUT2D eigenvalue weighted by atomic mass is 9.93. The molecule has 0 saturated heterocycles. The number of rotatable bonds is 5. The van der Waals surface area contributed by atoms with Gasteiger partial charge in [-0.25, -0.2) is 0 Å². The van der Waals surface area contributed by atoms with Crippen molar-refractivity contribution in [1.82, 2.24) is 4.90 Å². The van der Waals surface area contributed by atoms with Crippen molar-refractivity contribution in [2.24, 2.45) is 0 Å². The first-order valence-corrected chi connectivity index (χ1v) is 10.8. The van der Waals surface area contributed by atoms with Crippen LogP contribution < -0.4 is 0 Å². The molecule has 2 heterocycles. The Labute approximate surface area is 171 Å². The van der Waals surface area contributed by atoms with E-state index in [2.05, 4.69) is 23.6 Å². The Bertz CT molecular complexity index is 986. The molecule has 142 valence electrons. The van der Waals surface area contributed by atoms with Crippen LogP contribution >= 0.6 is 23.1 Å². The summed E-state index contributed by atoms with van der Waals surface area (Å²) in [5, 5.41) is 12.9. The van der Waals surface area contributed by atoms with E-state index in [0.29, 0.717) is 12.3 Å². The van der Waals surface area contributed by atoms with Crippen molar-refractivity contribution in [2.45, 2.75) is 17.4 Å². The average molecular weight is 411 g/mol. The van der Waals surface area contributed by atoms with Crippen LogP contribution in [0.2, 0.25) is 0 Å². The normalized spacial score (nSPS) is 15.9. The van der Waals surface area contributed by atoms with E-state index >= 15 is 0 Å². The molecule has 1 aliphatic rings. The number of nitro groups is 1. The van der Waals surface area contributed by atoms with Crippen LogP contribution in [0.25, 0.3) is 0 Å². The first-order chi connectivity index (χ1) is 13.6. The van der Waals surface area contributed by atoms with Gasteiger partial charge in [0.2, 0.25) is 5.91 Å². The Balaban J connectivity index is 1.52. The number of benzene rings is 2. The van der Waals surface area contributed by atoms with E-state index in [1.807, 2.05) is 23.1 Å². The lowest BCUT2D eigenvalue weighted by Gasteiger charge is -2.36. The number of hydrogen-bond donors (Lipinski definition) is 0. The zero-order valence-corrected chi connectivity index (χ0v) is 16.6. The summed E-state index contributed by atoms with van der Waals surface area (Å²) in [5.41, 5.74) is 2.40. The molecule has 7 heteroatoms. The number of nitro benzene ring substituents is 1. The standard InChI is InChI=1S/C21H18N2O3S2/c24-20(14-28-17-8-6-16(7-9-17)23(25)26)22-12-10-19-18(11-13-27-19)21(22)15-4-2-1-3-5-15/h1-9,11,13,21H,10,12,14H2. The zero-order valence-electron chi connectivity index (χ0n) is 15.0. The second-order valence-electron chi connectivity index (χ2n) is 6.49. The molecular formula is C21H18N2O3S2. The molecule has 3 aromatic rings. The maximum atomic E-state index is 13.1. The van der Waals surface area contributed by atoms with Gasteiger partial charge in [0, 0.05) is 28.5 Å². The van der Waals surface area contributed by atoms with E-state index in [1.54, 1.807) is 23.5 Å². The Morgan fingerprint density at radius 3 is 2.61 bits per heavy atom. The topological polar surface area (TPSA) is 63.4 Å². The van der Waals surface area contributed by atoms with Gasteiger partial charge in [0.15, 0.2) is 0 Å². The van der Waals surface area contributed by atoms with E-state index in [4.69, 9.17) is 0 Å². The molecule has 1 aliphatic heterocycles. The summed E-state index contributed by atoms with van der Waals surface area (Å²) in [5.74, 6) is 0.384. The van der Waals surface area contributed by atoms with Crippen LogP contribution in [0.5, 0.6) is 0 Å². The first-order valence-electron chi connectivity index (χ1n) is 8.91. The number of carbonyl (C=O) groups excluding carboxylic acids is 1. The molecule has 0 spiro atoms. The summed E-state index contributed by atoms with van der Waals surface area (Å²) in [6.45, 7) is 0.701.